The molecule has 0 saturated carbocycles. The maximum atomic E-state index is 12.3. The third-order valence-electron chi connectivity index (χ3n) is 4.39. The maximum Gasteiger partial charge on any atom is 0.307 e. The van der Waals surface area contributed by atoms with Crippen LogP contribution in [-0.4, -0.2) is 48.4 Å². The van der Waals surface area contributed by atoms with Gasteiger partial charge in [0.15, 0.2) is 0 Å². The Labute approximate surface area is 160 Å². The molecule has 1 aromatic rings. The minimum absolute atomic E-state index is 0.0332. The van der Waals surface area contributed by atoms with E-state index in [1.54, 1.807) is 30.9 Å². The summed E-state index contributed by atoms with van der Waals surface area (Å²) >= 11 is 0. The molecule has 1 aliphatic heterocycles. The lowest BCUT2D eigenvalue weighted by Gasteiger charge is -2.30. The molecule has 0 aliphatic carbocycles. The van der Waals surface area contributed by atoms with Gasteiger partial charge in [0.2, 0.25) is 11.8 Å². The molecule has 1 saturated heterocycles. The first-order chi connectivity index (χ1) is 13.0. The zero-order valence-corrected chi connectivity index (χ0v) is 16.0. The first-order valence-electron chi connectivity index (χ1n) is 9.45. The summed E-state index contributed by atoms with van der Waals surface area (Å²) < 4.78 is 5.03. The molecule has 1 heterocycles. The molecule has 0 spiro atoms. The van der Waals surface area contributed by atoms with E-state index in [4.69, 9.17) is 4.74 Å². The molecule has 2 amide bonds. The summed E-state index contributed by atoms with van der Waals surface area (Å²) in [6, 6.07) is 9.67. The Morgan fingerprint density at radius 1 is 1.19 bits per heavy atom. The Morgan fingerprint density at radius 2 is 1.85 bits per heavy atom. The predicted octanol–water partition coefficient (Wildman–Crippen LogP) is 2.40. The van der Waals surface area contributed by atoms with Crippen LogP contribution in [0, 0.1) is 5.92 Å². The van der Waals surface area contributed by atoms with Gasteiger partial charge in [-0.1, -0.05) is 30.3 Å². The number of amides is 2. The Kier molecular flexibility index (Phi) is 8.04. The van der Waals surface area contributed by atoms with Crippen molar-refractivity contribution in [3.63, 3.8) is 0 Å². The molecule has 0 atom stereocenters. The number of carbonyl (C=O) groups is 3. The topological polar surface area (TPSA) is 75.7 Å². The van der Waals surface area contributed by atoms with E-state index in [0.29, 0.717) is 25.9 Å². The first kappa shape index (κ1) is 20.7. The molecule has 146 valence electrons. The highest BCUT2D eigenvalue weighted by molar-refractivity contribution is 5.92. The summed E-state index contributed by atoms with van der Waals surface area (Å²) in [5, 5.41) is 2.79. The number of ether oxygens (including phenoxy) is 1. The number of nitrogens with one attached hydrogen (secondary N) is 1. The van der Waals surface area contributed by atoms with E-state index >= 15 is 0 Å². The van der Waals surface area contributed by atoms with Crippen LogP contribution in [0.1, 0.15) is 38.7 Å². The van der Waals surface area contributed by atoms with E-state index in [9.17, 15) is 14.4 Å². The summed E-state index contributed by atoms with van der Waals surface area (Å²) in [5.41, 5.74) is 0.983. The SMILES string of the molecule is CC(C)OC(=O)CCNC(=O)C1CCN(C(=O)/C=C/c2ccccc2)CC1. The van der Waals surface area contributed by atoms with E-state index in [1.165, 1.54) is 0 Å². The van der Waals surface area contributed by atoms with Crippen LogP contribution in [0.25, 0.3) is 6.08 Å². The van der Waals surface area contributed by atoms with Crippen LogP contribution >= 0.6 is 0 Å². The smallest absolute Gasteiger partial charge is 0.307 e. The molecule has 0 unspecified atom stereocenters. The average Bonchev–Trinajstić information content (AvgIpc) is 2.66. The fourth-order valence-electron chi connectivity index (χ4n) is 2.95. The number of hydrogen-bond acceptors (Lipinski definition) is 4. The van der Waals surface area contributed by atoms with Crippen LogP contribution in [0.5, 0.6) is 0 Å². The minimum atomic E-state index is -0.309. The van der Waals surface area contributed by atoms with Crippen molar-refractivity contribution >= 4 is 23.9 Å². The number of esters is 1. The zero-order valence-electron chi connectivity index (χ0n) is 16.0. The van der Waals surface area contributed by atoms with Crippen LogP contribution in [0.2, 0.25) is 0 Å². The van der Waals surface area contributed by atoms with Crippen LogP contribution in [0.15, 0.2) is 36.4 Å². The Bertz CT molecular complexity index is 662. The minimum Gasteiger partial charge on any atom is -0.463 e. The molecule has 1 N–H and O–H groups in total. The Hall–Kier alpha value is -2.63. The number of rotatable bonds is 7. The third-order valence-corrected chi connectivity index (χ3v) is 4.39. The number of likely N-dealkylation sites (tertiary alicyclic amines) is 1. The molecule has 0 bridgehead atoms. The van der Waals surface area contributed by atoms with Crippen molar-refractivity contribution in [2.24, 2.45) is 5.92 Å². The molecule has 6 heteroatoms. The highest BCUT2D eigenvalue weighted by atomic mass is 16.5. The van der Waals surface area contributed by atoms with Gasteiger partial charge in [-0.05, 0) is 38.3 Å². The summed E-state index contributed by atoms with van der Waals surface area (Å²) in [7, 11) is 0. The van der Waals surface area contributed by atoms with Crippen LogP contribution in [0.3, 0.4) is 0 Å². The van der Waals surface area contributed by atoms with Crippen LogP contribution in [-0.2, 0) is 19.1 Å². The number of carbonyl (C=O) groups excluding carboxylic acids is 3. The Balaban J connectivity index is 1.69. The van der Waals surface area contributed by atoms with Crippen molar-refractivity contribution in [3.05, 3.63) is 42.0 Å². The first-order valence-corrected chi connectivity index (χ1v) is 9.45. The second-order valence-corrected chi connectivity index (χ2v) is 6.92. The van der Waals surface area contributed by atoms with Crippen molar-refractivity contribution in [1.29, 1.82) is 0 Å². The zero-order chi connectivity index (χ0) is 19.6. The molecule has 1 fully saturated rings. The molecular weight excluding hydrogens is 344 g/mol. The number of nitrogens with zero attached hydrogens (tertiary/aromatic N) is 1. The van der Waals surface area contributed by atoms with Gasteiger partial charge in [-0.15, -0.1) is 0 Å². The lowest BCUT2D eigenvalue weighted by Crippen LogP contribution is -2.42. The van der Waals surface area contributed by atoms with Gasteiger partial charge in [-0.3, -0.25) is 14.4 Å². The van der Waals surface area contributed by atoms with Crippen LogP contribution < -0.4 is 5.32 Å². The van der Waals surface area contributed by atoms with Crippen molar-refractivity contribution in [2.75, 3.05) is 19.6 Å². The fourth-order valence-corrected chi connectivity index (χ4v) is 2.95. The van der Waals surface area contributed by atoms with Gasteiger partial charge < -0.3 is 15.0 Å². The second kappa shape index (κ2) is 10.5. The standard InChI is InChI=1S/C21H28N2O4/c1-16(2)27-20(25)10-13-22-21(26)18-11-14-23(15-12-18)19(24)9-8-17-6-4-3-5-7-17/h3-9,16,18H,10-15H2,1-2H3,(H,22,26)/b9-8+. The summed E-state index contributed by atoms with van der Waals surface area (Å²) in [4.78, 5) is 37.7. The number of benzene rings is 1. The van der Waals surface area contributed by atoms with Crippen molar-refractivity contribution in [3.8, 4) is 0 Å². The summed E-state index contributed by atoms with van der Waals surface area (Å²) in [6.45, 7) is 4.99. The van der Waals surface area contributed by atoms with E-state index < -0.39 is 0 Å². The number of piperidine rings is 1. The molecule has 0 radical (unpaired) electrons. The molecule has 2 rings (SSSR count). The van der Waals surface area contributed by atoms with E-state index in [-0.39, 0.29) is 42.8 Å². The molecule has 0 aromatic heterocycles. The number of hydrogen-bond donors (Lipinski definition) is 1. The maximum absolute atomic E-state index is 12.3. The summed E-state index contributed by atoms with van der Waals surface area (Å²) in [6.07, 6.45) is 4.67. The average molecular weight is 372 g/mol. The highest BCUT2D eigenvalue weighted by Gasteiger charge is 2.26. The largest absolute Gasteiger partial charge is 0.463 e. The van der Waals surface area contributed by atoms with Gasteiger partial charge in [0, 0.05) is 31.6 Å². The third kappa shape index (κ3) is 7.25. The van der Waals surface area contributed by atoms with E-state index in [2.05, 4.69) is 5.32 Å². The van der Waals surface area contributed by atoms with Gasteiger partial charge in [0.25, 0.3) is 0 Å². The molecule has 6 nitrogen and oxygen atoms in total. The molecular formula is C21H28N2O4. The fraction of sp³-hybridized carbons (Fsp3) is 0.476. The second-order valence-electron chi connectivity index (χ2n) is 6.92. The van der Waals surface area contributed by atoms with Crippen molar-refractivity contribution in [1.82, 2.24) is 10.2 Å². The van der Waals surface area contributed by atoms with Gasteiger partial charge in [-0.2, -0.15) is 0 Å². The van der Waals surface area contributed by atoms with Gasteiger partial charge in [-0.25, -0.2) is 0 Å². The van der Waals surface area contributed by atoms with E-state index in [1.807, 2.05) is 30.3 Å². The van der Waals surface area contributed by atoms with Gasteiger partial charge in [0.05, 0.1) is 12.5 Å². The highest BCUT2D eigenvalue weighted by Crippen LogP contribution is 2.18. The normalized spacial score (nSPS) is 15.1. The van der Waals surface area contributed by atoms with E-state index in [0.717, 1.165) is 5.56 Å². The Morgan fingerprint density at radius 3 is 2.48 bits per heavy atom. The van der Waals surface area contributed by atoms with Crippen molar-refractivity contribution in [2.45, 2.75) is 39.2 Å². The van der Waals surface area contributed by atoms with Crippen molar-refractivity contribution < 1.29 is 19.1 Å². The molecule has 27 heavy (non-hydrogen) atoms. The molecule has 1 aromatic carbocycles. The predicted molar refractivity (Wildman–Crippen MR) is 104 cm³/mol. The van der Waals surface area contributed by atoms with Gasteiger partial charge in [0.1, 0.15) is 0 Å². The lowest BCUT2D eigenvalue weighted by molar-refractivity contribution is -0.147. The van der Waals surface area contributed by atoms with Crippen LogP contribution in [0.4, 0.5) is 0 Å². The summed E-state index contributed by atoms with van der Waals surface area (Å²) in [5.74, 6) is -0.516. The monoisotopic (exact) mass is 372 g/mol. The lowest BCUT2D eigenvalue weighted by atomic mass is 9.96. The quantitative estimate of drug-likeness (QED) is 0.589. The molecule has 1 aliphatic rings. The van der Waals surface area contributed by atoms with Gasteiger partial charge >= 0.3 is 5.97 Å².